The van der Waals surface area contributed by atoms with Crippen molar-refractivity contribution < 1.29 is 0 Å². The van der Waals surface area contributed by atoms with Crippen molar-refractivity contribution >= 4 is 22.4 Å². The highest BCUT2D eigenvalue weighted by molar-refractivity contribution is 8.08. The number of nitrogens with zero attached hydrogens (tertiary/aromatic N) is 1. The Bertz CT molecular complexity index is 541. The molecular formula is C17H19NS. The van der Waals surface area contributed by atoms with Gasteiger partial charge in [0.25, 0.3) is 0 Å². The summed E-state index contributed by atoms with van der Waals surface area (Å²) in [7, 11) is 4.12. The molecule has 0 bridgehead atoms. The first-order valence-corrected chi connectivity index (χ1v) is 7.19. The zero-order valence-corrected chi connectivity index (χ0v) is 12.4. The average molecular weight is 269 g/mol. The van der Waals surface area contributed by atoms with E-state index in [9.17, 15) is 0 Å². The molecule has 0 radical (unpaired) electrons. The maximum absolute atomic E-state index is 2.18. The molecule has 0 spiro atoms. The van der Waals surface area contributed by atoms with E-state index in [4.69, 9.17) is 0 Å². The lowest BCUT2D eigenvalue weighted by molar-refractivity contribution is 1.13. The van der Waals surface area contributed by atoms with Crippen molar-refractivity contribution in [3.63, 3.8) is 0 Å². The van der Waals surface area contributed by atoms with Crippen LogP contribution in [0.15, 0.2) is 65.6 Å². The van der Waals surface area contributed by atoms with Gasteiger partial charge in [-0.15, -0.1) is 0 Å². The minimum absolute atomic E-state index is 1.23. The van der Waals surface area contributed by atoms with E-state index in [1.807, 2.05) is 6.07 Å². The summed E-state index contributed by atoms with van der Waals surface area (Å²) >= 11 is 1.80. The highest BCUT2D eigenvalue weighted by Crippen LogP contribution is 2.34. The molecule has 2 heteroatoms. The number of hydrogen-bond donors (Lipinski definition) is 0. The van der Waals surface area contributed by atoms with Crippen LogP contribution in [0.5, 0.6) is 0 Å². The van der Waals surface area contributed by atoms with Gasteiger partial charge in [0.05, 0.1) is 0 Å². The maximum Gasteiger partial charge on any atom is 0.0361 e. The monoisotopic (exact) mass is 269 g/mol. The van der Waals surface area contributed by atoms with Crippen molar-refractivity contribution in [3.05, 3.63) is 66.2 Å². The van der Waals surface area contributed by atoms with E-state index in [1.54, 1.807) is 11.8 Å². The van der Waals surface area contributed by atoms with Crippen LogP contribution in [0.2, 0.25) is 0 Å². The molecule has 0 N–H and O–H groups in total. The topological polar surface area (TPSA) is 3.24 Å². The molecule has 0 aliphatic carbocycles. The van der Waals surface area contributed by atoms with Gasteiger partial charge in [0.2, 0.25) is 0 Å². The fourth-order valence-electron chi connectivity index (χ4n) is 1.82. The van der Waals surface area contributed by atoms with Gasteiger partial charge in [-0.1, -0.05) is 48.2 Å². The minimum Gasteiger partial charge on any atom is -0.378 e. The number of benzene rings is 2. The van der Waals surface area contributed by atoms with Gasteiger partial charge >= 0.3 is 0 Å². The van der Waals surface area contributed by atoms with E-state index < -0.39 is 0 Å². The summed E-state index contributed by atoms with van der Waals surface area (Å²) in [6.07, 6.45) is 2.17. The first-order chi connectivity index (χ1) is 9.20. The van der Waals surface area contributed by atoms with Crippen molar-refractivity contribution in [1.29, 1.82) is 0 Å². The van der Waals surface area contributed by atoms with Crippen molar-refractivity contribution in [2.45, 2.75) is 11.8 Å². The Labute approximate surface area is 120 Å². The fourth-order valence-corrected chi connectivity index (χ4v) is 2.74. The van der Waals surface area contributed by atoms with Crippen LogP contribution >= 0.6 is 11.8 Å². The van der Waals surface area contributed by atoms with E-state index >= 15 is 0 Å². The van der Waals surface area contributed by atoms with E-state index in [-0.39, 0.29) is 0 Å². The molecular weight excluding hydrogens is 250 g/mol. The van der Waals surface area contributed by atoms with Crippen molar-refractivity contribution in [2.24, 2.45) is 0 Å². The van der Waals surface area contributed by atoms with E-state index in [2.05, 4.69) is 80.5 Å². The second-order valence-electron chi connectivity index (χ2n) is 4.51. The quantitative estimate of drug-likeness (QED) is 0.726. The lowest BCUT2D eigenvalue weighted by atomic mass is 10.2. The summed E-state index contributed by atoms with van der Waals surface area (Å²) in [6, 6.07) is 19.2. The van der Waals surface area contributed by atoms with Crippen LogP contribution in [0.25, 0.3) is 4.91 Å². The Hall–Kier alpha value is -1.67. The van der Waals surface area contributed by atoms with Crippen LogP contribution in [-0.2, 0) is 0 Å². The van der Waals surface area contributed by atoms with Crippen LogP contribution in [-0.4, -0.2) is 14.1 Å². The first kappa shape index (κ1) is 13.8. The van der Waals surface area contributed by atoms with Crippen molar-refractivity contribution in [3.8, 4) is 0 Å². The van der Waals surface area contributed by atoms with Crippen LogP contribution < -0.4 is 4.90 Å². The molecule has 0 saturated heterocycles. The predicted molar refractivity (Wildman–Crippen MR) is 86.7 cm³/mol. The molecule has 0 aliphatic rings. The third-order valence-corrected chi connectivity index (χ3v) is 4.10. The Morgan fingerprint density at radius 2 is 1.58 bits per heavy atom. The standard InChI is InChI=1S/C17H19NS/c1-4-17(19-16-8-6-5-7-9-16)14-10-12-15(13-11-14)18(2)3/h4-13H,1-3H3/b17-4-. The van der Waals surface area contributed by atoms with Crippen LogP contribution in [0.1, 0.15) is 12.5 Å². The van der Waals surface area contributed by atoms with E-state index in [1.165, 1.54) is 21.1 Å². The summed E-state index contributed by atoms with van der Waals surface area (Å²) < 4.78 is 0. The Morgan fingerprint density at radius 1 is 0.947 bits per heavy atom. The van der Waals surface area contributed by atoms with E-state index in [0.29, 0.717) is 0 Å². The van der Waals surface area contributed by atoms with Crippen molar-refractivity contribution in [1.82, 2.24) is 0 Å². The molecule has 0 amide bonds. The van der Waals surface area contributed by atoms with Gasteiger partial charge in [-0.3, -0.25) is 0 Å². The van der Waals surface area contributed by atoms with Gasteiger partial charge in [0.15, 0.2) is 0 Å². The SMILES string of the molecule is C/C=C(\Sc1ccccc1)c1ccc(N(C)C)cc1. The normalized spacial score (nSPS) is 11.4. The molecule has 0 aliphatic heterocycles. The molecule has 0 unspecified atom stereocenters. The maximum atomic E-state index is 2.18. The number of allylic oxidation sites excluding steroid dienone is 1. The molecule has 19 heavy (non-hydrogen) atoms. The number of anilines is 1. The number of thioether (sulfide) groups is 1. The second kappa shape index (κ2) is 6.48. The molecule has 2 aromatic carbocycles. The Balaban J connectivity index is 2.19. The van der Waals surface area contributed by atoms with Gasteiger partial charge in [-0.05, 0) is 36.8 Å². The smallest absolute Gasteiger partial charge is 0.0361 e. The third kappa shape index (κ3) is 3.65. The molecule has 0 heterocycles. The average Bonchev–Trinajstić information content (AvgIpc) is 2.46. The molecule has 0 fully saturated rings. The molecule has 0 saturated carbocycles. The van der Waals surface area contributed by atoms with E-state index in [0.717, 1.165) is 0 Å². The van der Waals surface area contributed by atoms with Crippen LogP contribution in [0, 0.1) is 0 Å². The molecule has 0 aromatic heterocycles. The lowest BCUT2D eigenvalue weighted by Gasteiger charge is -2.13. The highest BCUT2D eigenvalue weighted by atomic mass is 32.2. The van der Waals surface area contributed by atoms with Gasteiger partial charge in [0.1, 0.15) is 0 Å². The zero-order chi connectivity index (χ0) is 13.7. The van der Waals surface area contributed by atoms with Crippen LogP contribution in [0.4, 0.5) is 5.69 Å². The fraction of sp³-hybridized carbons (Fsp3) is 0.176. The summed E-state index contributed by atoms with van der Waals surface area (Å²) in [4.78, 5) is 4.67. The summed E-state index contributed by atoms with van der Waals surface area (Å²) in [5, 5.41) is 0. The highest BCUT2D eigenvalue weighted by Gasteiger charge is 2.04. The minimum atomic E-state index is 1.23. The molecule has 1 nitrogen and oxygen atoms in total. The van der Waals surface area contributed by atoms with Gasteiger partial charge in [-0.2, -0.15) is 0 Å². The number of hydrogen-bond acceptors (Lipinski definition) is 2. The first-order valence-electron chi connectivity index (χ1n) is 6.37. The molecule has 98 valence electrons. The van der Waals surface area contributed by atoms with Gasteiger partial charge < -0.3 is 4.90 Å². The molecule has 2 aromatic rings. The van der Waals surface area contributed by atoms with Gasteiger partial charge in [0, 0.05) is 29.6 Å². The predicted octanol–water partition coefficient (Wildman–Crippen LogP) is 4.91. The van der Waals surface area contributed by atoms with Gasteiger partial charge in [-0.25, -0.2) is 0 Å². The third-order valence-electron chi connectivity index (χ3n) is 2.90. The second-order valence-corrected chi connectivity index (χ2v) is 5.62. The largest absolute Gasteiger partial charge is 0.378 e. The Morgan fingerprint density at radius 3 is 2.11 bits per heavy atom. The molecule has 2 rings (SSSR count). The van der Waals surface area contributed by atoms with Crippen molar-refractivity contribution in [2.75, 3.05) is 19.0 Å². The lowest BCUT2D eigenvalue weighted by Crippen LogP contribution is -2.08. The van der Waals surface area contributed by atoms with Crippen LogP contribution in [0.3, 0.4) is 0 Å². The summed E-state index contributed by atoms with van der Waals surface area (Å²) in [5.41, 5.74) is 2.49. The zero-order valence-electron chi connectivity index (χ0n) is 11.6. The molecule has 0 atom stereocenters. The number of rotatable bonds is 4. The summed E-state index contributed by atoms with van der Waals surface area (Å²) in [5.74, 6) is 0. The summed E-state index contributed by atoms with van der Waals surface area (Å²) in [6.45, 7) is 2.09. The Kier molecular flexibility index (Phi) is 4.69.